The summed E-state index contributed by atoms with van der Waals surface area (Å²) in [5, 5.41) is 9.70. The Hall–Kier alpha value is -3.68. The number of ketones is 1. The van der Waals surface area contributed by atoms with Crippen molar-refractivity contribution < 1.29 is 19.1 Å². The first-order valence-corrected chi connectivity index (χ1v) is 9.30. The van der Waals surface area contributed by atoms with Crippen LogP contribution < -0.4 is 14.8 Å². The molecule has 2 N–H and O–H groups in total. The number of Topliss-reactive ketones (excluding diaryl/α,β-unsaturated/α-hetero) is 1. The van der Waals surface area contributed by atoms with Crippen molar-refractivity contribution in [2.24, 2.45) is 0 Å². The number of rotatable bonds is 6. The molecular weight excluding hydrogens is 372 g/mol. The van der Waals surface area contributed by atoms with Gasteiger partial charge in [-0.05, 0) is 49.4 Å². The molecule has 0 radical (unpaired) electrons. The third kappa shape index (κ3) is 4.43. The molecule has 1 amide bonds. The molecule has 148 valence electrons. The minimum Gasteiger partial charge on any atom is -0.486 e. The fourth-order valence-corrected chi connectivity index (χ4v) is 2.99. The van der Waals surface area contributed by atoms with Crippen molar-refractivity contribution in [3.8, 4) is 22.9 Å². The summed E-state index contributed by atoms with van der Waals surface area (Å²) in [5.74, 6) is 2.19. The highest BCUT2D eigenvalue weighted by molar-refractivity contribution is 6.00. The van der Waals surface area contributed by atoms with Gasteiger partial charge in [0.15, 0.2) is 23.1 Å². The summed E-state index contributed by atoms with van der Waals surface area (Å²) in [7, 11) is 0. The van der Waals surface area contributed by atoms with Crippen LogP contribution in [0, 0.1) is 6.92 Å². The molecule has 1 aromatic heterocycles. The molecule has 8 nitrogen and oxygen atoms in total. The number of nitrogens with one attached hydrogen (secondary N) is 2. The Morgan fingerprint density at radius 3 is 2.52 bits per heavy atom. The predicted octanol–water partition coefficient (Wildman–Crippen LogP) is 3.15. The molecule has 0 aliphatic carbocycles. The monoisotopic (exact) mass is 392 g/mol. The van der Waals surface area contributed by atoms with Gasteiger partial charge in [-0.2, -0.15) is 5.10 Å². The maximum absolute atomic E-state index is 12.4. The Balaban J connectivity index is 1.31. The van der Waals surface area contributed by atoms with Crippen LogP contribution >= 0.6 is 0 Å². The summed E-state index contributed by atoms with van der Waals surface area (Å²) in [6, 6.07) is 12.3. The lowest BCUT2D eigenvalue weighted by Gasteiger charge is -2.18. The smallest absolute Gasteiger partial charge is 0.224 e. The molecule has 0 fully saturated rings. The SMILES string of the molecule is Cc1nc(-c2ccc(NC(=O)CCC(=O)c3ccc4c(c3)OCCO4)cc2)n[nH]1. The number of carbonyl (C=O) groups is 2. The highest BCUT2D eigenvalue weighted by Gasteiger charge is 2.16. The average Bonchev–Trinajstić information content (AvgIpc) is 3.18. The lowest BCUT2D eigenvalue weighted by molar-refractivity contribution is -0.116. The number of hydrogen-bond acceptors (Lipinski definition) is 6. The van der Waals surface area contributed by atoms with Gasteiger partial charge in [0.05, 0.1) is 0 Å². The molecule has 0 bridgehead atoms. The van der Waals surface area contributed by atoms with Crippen LogP contribution in [-0.4, -0.2) is 40.1 Å². The summed E-state index contributed by atoms with van der Waals surface area (Å²) >= 11 is 0. The normalized spacial score (nSPS) is 12.4. The molecule has 0 saturated heterocycles. The number of hydrogen-bond donors (Lipinski definition) is 2. The number of fused-ring (bicyclic) bond motifs is 1. The van der Waals surface area contributed by atoms with Gasteiger partial charge in [0.25, 0.3) is 0 Å². The molecule has 2 aromatic carbocycles. The van der Waals surface area contributed by atoms with E-state index in [1.807, 2.05) is 19.1 Å². The standard InChI is InChI=1S/C21H20N4O4/c1-13-22-21(25-24-13)14-2-5-16(6-3-14)23-20(27)9-7-17(26)15-4-8-18-19(12-15)29-11-10-28-18/h2-6,8,12H,7,9-11H2,1H3,(H,23,27)(H,22,24,25). The average molecular weight is 392 g/mol. The van der Waals surface area contributed by atoms with Crippen molar-refractivity contribution in [1.29, 1.82) is 0 Å². The van der Waals surface area contributed by atoms with Gasteiger partial charge in [0.2, 0.25) is 5.91 Å². The van der Waals surface area contributed by atoms with Crippen LogP contribution in [0.3, 0.4) is 0 Å². The van der Waals surface area contributed by atoms with E-state index in [1.54, 1.807) is 30.3 Å². The third-order valence-corrected chi connectivity index (χ3v) is 4.47. The van der Waals surface area contributed by atoms with E-state index >= 15 is 0 Å². The Bertz CT molecular complexity index is 1040. The second-order valence-electron chi connectivity index (χ2n) is 6.65. The second kappa shape index (κ2) is 8.14. The van der Waals surface area contributed by atoms with E-state index in [2.05, 4.69) is 20.5 Å². The van der Waals surface area contributed by atoms with E-state index in [0.29, 0.717) is 41.8 Å². The molecular formula is C21H20N4O4. The van der Waals surface area contributed by atoms with Crippen molar-refractivity contribution in [1.82, 2.24) is 15.2 Å². The number of anilines is 1. The number of nitrogens with zero attached hydrogens (tertiary/aromatic N) is 2. The molecule has 1 aliphatic heterocycles. The minimum atomic E-state index is -0.225. The number of aromatic nitrogens is 3. The Morgan fingerprint density at radius 2 is 1.79 bits per heavy atom. The van der Waals surface area contributed by atoms with Gasteiger partial charge in [0.1, 0.15) is 19.0 Å². The van der Waals surface area contributed by atoms with E-state index in [9.17, 15) is 9.59 Å². The molecule has 2 heterocycles. The highest BCUT2D eigenvalue weighted by atomic mass is 16.6. The molecule has 3 aromatic rings. The summed E-state index contributed by atoms with van der Waals surface area (Å²) in [6.45, 7) is 2.79. The molecule has 29 heavy (non-hydrogen) atoms. The predicted molar refractivity (Wildman–Crippen MR) is 106 cm³/mol. The zero-order chi connectivity index (χ0) is 20.2. The fraction of sp³-hybridized carbons (Fsp3) is 0.238. The first-order valence-electron chi connectivity index (χ1n) is 9.30. The Morgan fingerprint density at radius 1 is 1.03 bits per heavy atom. The number of amides is 1. The quantitative estimate of drug-likeness (QED) is 0.624. The minimum absolute atomic E-state index is 0.0924. The number of benzene rings is 2. The van der Waals surface area contributed by atoms with Crippen LogP contribution in [0.2, 0.25) is 0 Å². The van der Waals surface area contributed by atoms with Crippen molar-refractivity contribution in [3.05, 3.63) is 53.9 Å². The van der Waals surface area contributed by atoms with Gasteiger partial charge < -0.3 is 14.8 Å². The van der Waals surface area contributed by atoms with Gasteiger partial charge in [-0.1, -0.05) is 0 Å². The molecule has 0 unspecified atom stereocenters. The van der Waals surface area contributed by atoms with Gasteiger partial charge in [-0.3, -0.25) is 14.7 Å². The molecule has 0 atom stereocenters. The van der Waals surface area contributed by atoms with E-state index in [-0.39, 0.29) is 24.5 Å². The van der Waals surface area contributed by atoms with E-state index < -0.39 is 0 Å². The van der Waals surface area contributed by atoms with Crippen molar-refractivity contribution in [2.45, 2.75) is 19.8 Å². The van der Waals surface area contributed by atoms with Crippen LogP contribution in [0.15, 0.2) is 42.5 Å². The molecule has 1 aliphatic rings. The summed E-state index contributed by atoms with van der Waals surface area (Å²) in [4.78, 5) is 28.9. The first-order chi connectivity index (χ1) is 14.1. The number of H-pyrrole nitrogens is 1. The molecule has 0 spiro atoms. The van der Waals surface area contributed by atoms with Gasteiger partial charge in [0, 0.05) is 29.7 Å². The van der Waals surface area contributed by atoms with E-state index in [4.69, 9.17) is 9.47 Å². The largest absolute Gasteiger partial charge is 0.486 e. The van der Waals surface area contributed by atoms with Gasteiger partial charge in [-0.15, -0.1) is 0 Å². The number of aryl methyl sites for hydroxylation is 1. The lowest BCUT2D eigenvalue weighted by atomic mass is 10.1. The third-order valence-electron chi connectivity index (χ3n) is 4.47. The van der Waals surface area contributed by atoms with E-state index in [0.717, 1.165) is 11.4 Å². The van der Waals surface area contributed by atoms with Crippen molar-refractivity contribution in [2.75, 3.05) is 18.5 Å². The Labute approximate surface area is 167 Å². The maximum atomic E-state index is 12.4. The second-order valence-corrected chi connectivity index (χ2v) is 6.65. The van der Waals surface area contributed by atoms with Gasteiger partial charge in [-0.25, -0.2) is 4.98 Å². The Kier molecular flexibility index (Phi) is 5.24. The number of ether oxygens (including phenoxy) is 2. The van der Waals surface area contributed by atoms with Crippen molar-refractivity contribution >= 4 is 17.4 Å². The maximum Gasteiger partial charge on any atom is 0.224 e. The first kappa shape index (κ1) is 18.7. The number of aromatic amines is 1. The van der Waals surface area contributed by atoms with E-state index in [1.165, 1.54) is 0 Å². The van der Waals surface area contributed by atoms with Crippen LogP contribution in [0.5, 0.6) is 11.5 Å². The van der Waals surface area contributed by atoms with Crippen LogP contribution in [0.25, 0.3) is 11.4 Å². The van der Waals surface area contributed by atoms with Crippen LogP contribution in [0.1, 0.15) is 29.0 Å². The lowest BCUT2D eigenvalue weighted by Crippen LogP contribution is -2.16. The van der Waals surface area contributed by atoms with Crippen LogP contribution in [-0.2, 0) is 4.79 Å². The van der Waals surface area contributed by atoms with Crippen molar-refractivity contribution in [3.63, 3.8) is 0 Å². The van der Waals surface area contributed by atoms with Gasteiger partial charge >= 0.3 is 0 Å². The summed E-state index contributed by atoms with van der Waals surface area (Å²) in [5.41, 5.74) is 2.01. The molecule has 4 rings (SSSR count). The molecule has 8 heteroatoms. The summed E-state index contributed by atoms with van der Waals surface area (Å²) < 4.78 is 10.9. The molecule has 0 saturated carbocycles. The number of carbonyl (C=O) groups excluding carboxylic acids is 2. The van der Waals surface area contributed by atoms with Crippen LogP contribution in [0.4, 0.5) is 5.69 Å². The summed E-state index contributed by atoms with van der Waals surface area (Å²) in [6.07, 6.45) is 0.204. The zero-order valence-electron chi connectivity index (χ0n) is 15.9. The zero-order valence-corrected chi connectivity index (χ0v) is 15.9. The topological polar surface area (TPSA) is 106 Å². The highest BCUT2D eigenvalue weighted by Crippen LogP contribution is 2.31. The fourth-order valence-electron chi connectivity index (χ4n) is 2.99.